The molecule has 0 aromatic carbocycles. The van der Waals surface area contributed by atoms with E-state index >= 15 is 0 Å². The van der Waals surface area contributed by atoms with Crippen molar-refractivity contribution < 1.29 is 9.59 Å². The molecule has 1 N–H and O–H groups in total. The van der Waals surface area contributed by atoms with E-state index < -0.39 is 5.54 Å². The minimum atomic E-state index is -0.718. The normalized spacial score (nSPS) is 26.1. The van der Waals surface area contributed by atoms with Gasteiger partial charge < -0.3 is 10.2 Å². The second-order valence-electron chi connectivity index (χ2n) is 6.47. The molecule has 1 aliphatic rings. The van der Waals surface area contributed by atoms with Crippen molar-refractivity contribution in [1.29, 1.82) is 0 Å². The summed E-state index contributed by atoms with van der Waals surface area (Å²) in [7, 11) is 0. The van der Waals surface area contributed by atoms with Crippen LogP contribution in [0.2, 0.25) is 0 Å². The molecule has 4 heteroatoms. The molecular weight excluding hydrogens is 264 g/mol. The van der Waals surface area contributed by atoms with Gasteiger partial charge in [0, 0.05) is 6.54 Å². The predicted octanol–water partition coefficient (Wildman–Crippen LogP) is 3.25. The number of unbranched alkanes of at least 4 members (excludes halogenated alkanes) is 6. The summed E-state index contributed by atoms with van der Waals surface area (Å²) >= 11 is 0. The molecule has 2 unspecified atom stereocenters. The summed E-state index contributed by atoms with van der Waals surface area (Å²) in [5, 5.41) is 2.87. The molecule has 1 rings (SSSR count). The number of carbonyl (C=O) groups is 2. The second-order valence-corrected chi connectivity index (χ2v) is 6.47. The number of nitrogens with zero attached hydrogens (tertiary/aromatic N) is 1. The first-order valence-electron chi connectivity index (χ1n) is 8.59. The van der Waals surface area contributed by atoms with E-state index in [1.54, 1.807) is 4.90 Å². The third-order valence-electron chi connectivity index (χ3n) is 4.69. The molecule has 1 heterocycles. The van der Waals surface area contributed by atoms with Crippen molar-refractivity contribution in [3.05, 3.63) is 0 Å². The van der Waals surface area contributed by atoms with E-state index in [9.17, 15) is 9.59 Å². The van der Waals surface area contributed by atoms with E-state index in [0.29, 0.717) is 13.0 Å². The summed E-state index contributed by atoms with van der Waals surface area (Å²) in [5.74, 6) is 0.0463. The number of rotatable bonds is 9. The van der Waals surface area contributed by atoms with Gasteiger partial charge in [-0.25, -0.2) is 0 Å². The van der Waals surface area contributed by atoms with Gasteiger partial charge in [-0.15, -0.1) is 0 Å². The van der Waals surface area contributed by atoms with Crippen LogP contribution in [-0.2, 0) is 9.59 Å². The molecule has 1 fully saturated rings. The molecule has 21 heavy (non-hydrogen) atoms. The maximum absolute atomic E-state index is 12.6. The summed E-state index contributed by atoms with van der Waals surface area (Å²) in [6.45, 7) is 8.52. The van der Waals surface area contributed by atoms with Crippen molar-refractivity contribution in [3.8, 4) is 0 Å². The zero-order chi connectivity index (χ0) is 15.9. The van der Waals surface area contributed by atoms with E-state index in [-0.39, 0.29) is 17.9 Å². The highest BCUT2D eigenvalue weighted by molar-refractivity contribution is 5.99. The van der Waals surface area contributed by atoms with Crippen LogP contribution in [0.25, 0.3) is 0 Å². The number of nitrogens with one attached hydrogen (secondary N) is 1. The van der Waals surface area contributed by atoms with Crippen molar-refractivity contribution in [2.75, 3.05) is 6.54 Å². The fraction of sp³-hybridized carbons (Fsp3) is 0.882. The zero-order valence-corrected chi connectivity index (χ0v) is 14.2. The van der Waals surface area contributed by atoms with Crippen molar-refractivity contribution in [3.63, 3.8) is 0 Å². The Balaban J connectivity index is 2.41. The first-order chi connectivity index (χ1) is 9.96. The van der Waals surface area contributed by atoms with E-state index in [1.165, 1.54) is 32.1 Å². The third-order valence-corrected chi connectivity index (χ3v) is 4.69. The quantitative estimate of drug-likeness (QED) is 0.664. The van der Waals surface area contributed by atoms with Gasteiger partial charge in [0.05, 0.1) is 0 Å². The predicted molar refractivity (Wildman–Crippen MR) is 86.0 cm³/mol. The van der Waals surface area contributed by atoms with E-state index in [0.717, 1.165) is 12.8 Å². The van der Waals surface area contributed by atoms with Crippen LogP contribution >= 0.6 is 0 Å². The molecule has 0 spiro atoms. The van der Waals surface area contributed by atoms with Crippen LogP contribution in [0.4, 0.5) is 0 Å². The van der Waals surface area contributed by atoms with Gasteiger partial charge in [0.25, 0.3) is 0 Å². The lowest BCUT2D eigenvalue weighted by molar-refractivity contribution is -0.153. The van der Waals surface area contributed by atoms with E-state index in [2.05, 4.69) is 12.2 Å². The van der Waals surface area contributed by atoms with Crippen molar-refractivity contribution in [1.82, 2.24) is 10.2 Å². The van der Waals surface area contributed by atoms with Gasteiger partial charge in [-0.05, 0) is 26.7 Å². The van der Waals surface area contributed by atoms with Crippen LogP contribution in [-0.4, -0.2) is 34.8 Å². The number of piperazine rings is 1. The molecular formula is C17H32N2O2. The lowest BCUT2D eigenvalue weighted by Gasteiger charge is -2.43. The Bertz CT molecular complexity index is 357. The van der Waals surface area contributed by atoms with Gasteiger partial charge in [0.2, 0.25) is 11.8 Å². The molecule has 0 radical (unpaired) electrons. The Morgan fingerprint density at radius 3 is 2.19 bits per heavy atom. The molecule has 0 aromatic rings. The molecule has 2 atom stereocenters. The Morgan fingerprint density at radius 2 is 1.62 bits per heavy atom. The first-order valence-corrected chi connectivity index (χ1v) is 8.59. The summed E-state index contributed by atoms with van der Waals surface area (Å²) in [5.41, 5.74) is -0.718. The van der Waals surface area contributed by atoms with E-state index in [4.69, 9.17) is 0 Å². The third kappa shape index (κ3) is 4.72. The maximum Gasteiger partial charge on any atom is 0.248 e. The largest absolute Gasteiger partial charge is 0.340 e. The average molecular weight is 296 g/mol. The molecule has 1 aliphatic heterocycles. The Hall–Kier alpha value is -1.06. The maximum atomic E-state index is 12.6. The van der Waals surface area contributed by atoms with Crippen molar-refractivity contribution >= 4 is 11.8 Å². The van der Waals surface area contributed by atoms with Crippen LogP contribution in [0.1, 0.15) is 79.1 Å². The molecule has 0 aromatic heterocycles. The van der Waals surface area contributed by atoms with Gasteiger partial charge in [-0.1, -0.05) is 52.4 Å². The highest BCUT2D eigenvalue weighted by Gasteiger charge is 2.44. The highest BCUT2D eigenvalue weighted by atomic mass is 16.2. The highest BCUT2D eigenvalue weighted by Crippen LogP contribution is 2.22. The smallest absolute Gasteiger partial charge is 0.248 e. The molecule has 0 bridgehead atoms. The molecule has 2 amide bonds. The van der Waals surface area contributed by atoms with Gasteiger partial charge >= 0.3 is 0 Å². The molecule has 4 nitrogen and oxygen atoms in total. The SMILES string of the molecule is CCCCCCCCCN1C(=O)C(C)(CC)NC(=O)C1C. The molecule has 0 aliphatic carbocycles. The van der Waals surface area contributed by atoms with Crippen molar-refractivity contribution in [2.24, 2.45) is 0 Å². The lowest BCUT2D eigenvalue weighted by atomic mass is 9.92. The summed E-state index contributed by atoms with van der Waals surface area (Å²) in [4.78, 5) is 26.3. The summed E-state index contributed by atoms with van der Waals surface area (Å²) in [6, 6.07) is -0.336. The van der Waals surface area contributed by atoms with Crippen LogP contribution in [0.3, 0.4) is 0 Å². The number of amides is 2. The molecule has 1 saturated heterocycles. The fourth-order valence-corrected chi connectivity index (χ4v) is 2.84. The topological polar surface area (TPSA) is 49.4 Å². The zero-order valence-electron chi connectivity index (χ0n) is 14.2. The van der Waals surface area contributed by atoms with Crippen LogP contribution < -0.4 is 5.32 Å². The summed E-state index contributed by atoms with van der Waals surface area (Å²) < 4.78 is 0. The Kier molecular flexibility index (Phi) is 7.20. The summed E-state index contributed by atoms with van der Waals surface area (Å²) in [6.07, 6.45) is 9.18. The number of hydrogen-bond donors (Lipinski definition) is 1. The standard InChI is InChI=1S/C17H32N2O2/c1-5-7-8-9-10-11-12-13-19-14(3)15(20)18-17(4,6-2)16(19)21/h14H,5-13H2,1-4H3,(H,18,20). The van der Waals surface area contributed by atoms with E-state index in [1.807, 2.05) is 20.8 Å². The van der Waals surface area contributed by atoms with Crippen LogP contribution in [0.15, 0.2) is 0 Å². The average Bonchev–Trinajstić information content (AvgIpc) is 2.47. The number of hydrogen-bond acceptors (Lipinski definition) is 2. The number of carbonyl (C=O) groups excluding carboxylic acids is 2. The lowest BCUT2D eigenvalue weighted by Crippen LogP contribution is -2.68. The Labute approximate surface area is 129 Å². The van der Waals surface area contributed by atoms with Crippen LogP contribution in [0, 0.1) is 0 Å². The van der Waals surface area contributed by atoms with Gasteiger partial charge in [-0.3, -0.25) is 9.59 Å². The van der Waals surface area contributed by atoms with Gasteiger partial charge in [0.1, 0.15) is 11.6 Å². The first kappa shape index (κ1) is 18.0. The second kappa shape index (κ2) is 8.40. The minimum Gasteiger partial charge on any atom is -0.340 e. The molecule has 122 valence electrons. The minimum absolute atomic E-state index is 0.0260. The van der Waals surface area contributed by atoms with Gasteiger partial charge in [-0.2, -0.15) is 0 Å². The van der Waals surface area contributed by atoms with Gasteiger partial charge in [0.15, 0.2) is 0 Å². The molecule has 0 saturated carbocycles. The van der Waals surface area contributed by atoms with Crippen LogP contribution in [0.5, 0.6) is 0 Å². The Morgan fingerprint density at radius 1 is 1.05 bits per heavy atom. The van der Waals surface area contributed by atoms with Crippen molar-refractivity contribution in [2.45, 2.75) is 90.6 Å². The fourth-order valence-electron chi connectivity index (χ4n) is 2.84. The monoisotopic (exact) mass is 296 g/mol.